The SMILES string of the molecule is CC(C)OC(=O)[C@@H](C)N[P+](=O)OC[C@@H]1CC[C@H](c2cccnc2)O1.CO.Oc1ccccc1. The number of aromatic nitrogens is 1. The van der Waals surface area contributed by atoms with E-state index in [9.17, 15) is 9.36 Å². The number of para-hydroxylation sites is 1. The molecule has 1 aromatic heterocycles. The maximum absolute atomic E-state index is 11.9. The molecule has 3 N–H and O–H groups in total. The molecule has 0 amide bonds. The number of carbonyl (C=O) groups is 1. The molecule has 1 aliphatic heterocycles. The molecule has 182 valence electrons. The van der Waals surface area contributed by atoms with Gasteiger partial charge in [0.2, 0.25) is 0 Å². The predicted octanol–water partition coefficient (Wildman–Crippen LogP) is 3.91. The fraction of sp³-hybridized carbons (Fsp3) is 0.478. The van der Waals surface area contributed by atoms with Gasteiger partial charge in [0.1, 0.15) is 18.4 Å². The third-order valence-electron chi connectivity index (χ3n) is 4.30. The van der Waals surface area contributed by atoms with Crippen molar-refractivity contribution < 1.29 is 33.6 Å². The number of nitrogens with one attached hydrogen (secondary N) is 1. The lowest BCUT2D eigenvalue weighted by Crippen LogP contribution is -2.33. The third kappa shape index (κ3) is 11.8. The van der Waals surface area contributed by atoms with Crippen molar-refractivity contribution in [1.82, 2.24) is 10.1 Å². The number of ether oxygens (including phenoxy) is 2. The Bertz CT molecular complexity index is 809. The number of benzene rings is 1. The first-order chi connectivity index (χ1) is 15.8. The second kappa shape index (κ2) is 16.2. The topological polar surface area (TPSA) is 127 Å². The van der Waals surface area contributed by atoms with E-state index >= 15 is 0 Å². The molecule has 1 saturated heterocycles. The molecule has 1 unspecified atom stereocenters. The number of carbonyl (C=O) groups excluding carboxylic acids is 1. The molecular formula is C23H34N2O7P+. The standard InChI is InChI=1S/C16H24N2O5P.C6H6O.CH4O/c1-11(2)22-16(19)12(3)18-24(20)21-10-14-6-7-15(23-14)13-5-4-8-17-9-13;7-6-4-2-1-3-5-6;1-2/h4-5,8-9,11-12,14-15H,6-7,10H2,1-3H3,(H,18,20);1-5,7H;2H,1H3/q+1;;/t12-,14+,15-;;/m1../s1. The number of hydrogen-bond acceptors (Lipinski definition) is 8. The van der Waals surface area contributed by atoms with Gasteiger partial charge in [0.25, 0.3) is 0 Å². The van der Waals surface area contributed by atoms with Crippen molar-refractivity contribution in [3.05, 3.63) is 60.4 Å². The Labute approximate surface area is 196 Å². The van der Waals surface area contributed by atoms with E-state index in [4.69, 9.17) is 24.2 Å². The molecule has 0 aliphatic carbocycles. The van der Waals surface area contributed by atoms with E-state index < -0.39 is 20.2 Å². The average Bonchev–Trinajstić information content (AvgIpc) is 3.29. The first-order valence-corrected chi connectivity index (χ1v) is 11.8. The molecule has 0 saturated carbocycles. The molecular weight excluding hydrogens is 447 g/mol. The highest BCUT2D eigenvalue weighted by atomic mass is 31.1. The molecule has 0 radical (unpaired) electrons. The summed E-state index contributed by atoms with van der Waals surface area (Å²) < 4.78 is 28.1. The van der Waals surface area contributed by atoms with E-state index in [-0.39, 0.29) is 24.9 Å². The van der Waals surface area contributed by atoms with Gasteiger partial charge in [0, 0.05) is 19.5 Å². The van der Waals surface area contributed by atoms with Crippen LogP contribution in [0.3, 0.4) is 0 Å². The first-order valence-electron chi connectivity index (χ1n) is 10.7. The monoisotopic (exact) mass is 481 g/mol. The largest absolute Gasteiger partial charge is 0.613 e. The first kappa shape index (κ1) is 28.6. The number of hydrogen-bond donors (Lipinski definition) is 3. The minimum Gasteiger partial charge on any atom is -0.508 e. The van der Waals surface area contributed by atoms with Gasteiger partial charge in [0.05, 0.1) is 18.3 Å². The van der Waals surface area contributed by atoms with Gasteiger partial charge < -0.3 is 19.7 Å². The van der Waals surface area contributed by atoms with Crippen LogP contribution in [0.5, 0.6) is 5.75 Å². The Morgan fingerprint density at radius 2 is 1.88 bits per heavy atom. The minimum atomic E-state index is -2.16. The zero-order valence-electron chi connectivity index (χ0n) is 19.5. The second-order valence-corrected chi connectivity index (χ2v) is 8.37. The molecule has 0 bridgehead atoms. The minimum absolute atomic E-state index is 0.00178. The summed E-state index contributed by atoms with van der Waals surface area (Å²) in [7, 11) is -1.16. The highest BCUT2D eigenvalue weighted by molar-refractivity contribution is 7.36. The number of aliphatic hydroxyl groups excluding tert-OH is 1. The number of phenolic OH excluding ortho intramolecular Hbond substituents is 1. The summed E-state index contributed by atoms with van der Waals surface area (Å²) in [5.74, 6) is -0.131. The Balaban J connectivity index is 0.000000508. The van der Waals surface area contributed by atoms with Gasteiger partial charge >= 0.3 is 14.1 Å². The van der Waals surface area contributed by atoms with Crippen LogP contribution in [-0.2, 0) is 23.4 Å². The number of pyridine rings is 1. The summed E-state index contributed by atoms with van der Waals surface area (Å²) in [6.45, 7) is 5.32. The van der Waals surface area contributed by atoms with Crippen LogP contribution in [0.2, 0.25) is 0 Å². The summed E-state index contributed by atoms with van der Waals surface area (Å²) in [5, 5.41) is 18.2. The predicted molar refractivity (Wildman–Crippen MR) is 125 cm³/mol. The zero-order chi connectivity index (χ0) is 24.6. The lowest BCUT2D eigenvalue weighted by molar-refractivity contribution is -0.149. The summed E-state index contributed by atoms with van der Waals surface area (Å²) in [5.41, 5.74) is 1.03. The van der Waals surface area contributed by atoms with Gasteiger partial charge in [-0.3, -0.25) is 9.78 Å². The van der Waals surface area contributed by atoms with Gasteiger partial charge in [-0.15, -0.1) is 4.52 Å². The maximum atomic E-state index is 11.9. The molecule has 1 aliphatic rings. The Hall–Kier alpha value is -2.42. The molecule has 9 nitrogen and oxygen atoms in total. The molecule has 0 spiro atoms. The van der Waals surface area contributed by atoms with Crippen molar-refractivity contribution in [2.45, 2.75) is 58.0 Å². The van der Waals surface area contributed by atoms with E-state index in [0.717, 1.165) is 25.5 Å². The van der Waals surface area contributed by atoms with Crippen LogP contribution < -0.4 is 5.09 Å². The maximum Gasteiger partial charge on any atom is 0.613 e. The van der Waals surface area contributed by atoms with Crippen molar-refractivity contribution in [2.24, 2.45) is 0 Å². The second-order valence-electron chi connectivity index (χ2n) is 7.34. The summed E-state index contributed by atoms with van der Waals surface area (Å²) in [4.78, 5) is 15.7. The average molecular weight is 482 g/mol. The number of aromatic hydroxyl groups is 1. The van der Waals surface area contributed by atoms with Crippen LogP contribution in [0.1, 0.15) is 45.3 Å². The quantitative estimate of drug-likeness (QED) is 0.380. The smallest absolute Gasteiger partial charge is 0.508 e. The Morgan fingerprint density at radius 3 is 2.42 bits per heavy atom. The van der Waals surface area contributed by atoms with Crippen molar-refractivity contribution in [1.29, 1.82) is 0 Å². The Morgan fingerprint density at radius 1 is 1.18 bits per heavy atom. The number of nitrogens with zero attached hydrogens (tertiary/aromatic N) is 1. The number of rotatable bonds is 8. The normalized spacial score (nSPS) is 18.3. The molecule has 1 fully saturated rings. The molecule has 3 rings (SSSR count). The van der Waals surface area contributed by atoms with Crippen LogP contribution in [-0.4, -0.2) is 53.1 Å². The van der Waals surface area contributed by atoms with Crippen molar-refractivity contribution in [2.75, 3.05) is 13.7 Å². The number of phenols is 1. The summed E-state index contributed by atoms with van der Waals surface area (Å²) >= 11 is 0. The molecule has 2 aromatic rings. The lowest BCUT2D eigenvalue weighted by Gasteiger charge is -2.12. The lowest BCUT2D eigenvalue weighted by atomic mass is 10.1. The van der Waals surface area contributed by atoms with E-state index in [0.29, 0.717) is 5.75 Å². The van der Waals surface area contributed by atoms with Crippen molar-refractivity contribution in [3.63, 3.8) is 0 Å². The highest BCUT2D eigenvalue weighted by Gasteiger charge is 2.32. The van der Waals surface area contributed by atoms with Gasteiger partial charge in [-0.2, -0.15) is 0 Å². The van der Waals surface area contributed by atoms with Gasteiger partial charge in [0.15, 0.2) is 0 Å². The molecule has 1 aromatic carbocycles. The van der Waals surface area contributed by atoms with Crippen LogP contribution in [0, 0.1) is 0 Å². The zero-order valence-corrected chi connectivity index (χ0v) is 20.4. The highest BCUT2D eigenvalue weighted by Crippen LogP contribution is 2.33. The van der Waals surface area contributed by atoms with Crippen molar-refractivity contribution in [3.8, 4) is 5.75 Å². The van der Waals surface area contributed by atoms with Crippen LogP contribution in [0.4, 0.5) is 0 Å². The summed E-state index contributed by atoms with van der Waals surface area (Å²) in [6, 6.07) is 11.9. The molecule has 4 atom stereocenters. The van der Waals surface area contributed by atoms with Gasteiger partial charge in [-0.05, 0) is 61.9 Å². The Kier molecular flexibility index (Phi) is 14.1. The van der Waals surface area contributed by atoms with E-state index in [1.807, 2.05) is 18.2 Å². The van der Waals surface area contributed by atoms with Gasteiger partial charge in [-0.1, -0.05) is 29.4 Å². The number of aliphatic hydroxyl groups is 1. The van der Waals surface area contributed by atoms with E-state index in [1.54, 1.807) is 57.4 Å². The molecule has 2 heterocycles. The van der Waals surface area contributed by atoms with Gasteiger partial charge in [-0.25, -0.2) is 0 Å². The molecule has 33 heavy (non-hydrogen) atoms. The third-order valence-corrected chi connectivity index (χ3v) is 5.28. The van der Waals surface area contributed by atoms with E-state index in [2.05, 4.69) is 10.1 Å². The fourth-order valence-corrected chi connectivity index (χ4v) is 3.60. The van der Waals surface area contributed by atoms with Crippen LogP contribution >= 0.6 is 8.18 Å². The fourth-order valence-electron chi connectivity index (χ4n) is 2.80. The number of esters is 1. The van der Waals surface area contributed by atoms with E-state index in [1.165, 1.54) is 0 Å². The van der Waals surface area contributed by atoms with Crippen molar-refractivity contribution >= 4 is 14.1 Å². The van der Waals surface area contributed by atoms with Crippen LogP contribution in [0.25, 0.3) is 0 Å². The van der Waals surface area contributed by atoms with Crippen LogP contribution in [0.15, 0.2) is 54.9 Å². The molecule has 10 heteroatoms. The summed E-state index contributed by atoms with van der Waals surface area (Å²) in [6.07, 6.45) is 4.89.